The molecule has 0 spiro atoms. The standard InChI is InChI=1S/C17H26N2O4S/c1-3-11-19(16-7-9-18-10-8-16)24(21,22)13-14-5-4-6-15(12-14)17(20)23-2/h4-6,12,16,18H,3,7-11,13H2,1-2H3. The van der Waals surface area contributed by atoms with Gasteiger partial charge < -0.3 is 10.1 Å². The van der Waals surface area contributed by atoms with Crippen LogP contribution in [-0.4, -0.2) is 51.5 Å². The number of ether oxygens (including phenoxy) is 1. The number of nitrogens with zero attached hydrogens (tertiary/aromatic N) is 1. The molecule has 0 saturated carbocycles. The van der Waals surface area contributed by atoms with Gasteiger partial charge in [-0.2, -0.15) is 4.31 Å². The molecule has 0 aliphatic carbocycles. The topological polar surface area (TPSA) is 75.7 Å². The number of carbonyl (C=O) groups excluding carboxylic acids is 1. The summed E-state index contributed by atoms with van der Waals surface area (Å²) in [4.78, 5) is 11.6. The van der Waals surface area contributed by atoms with Gasteiger partial charge in [0.2, 0.25) is 10.0 Å². The fraction of sp³-hybridized carbons (Fsp3) is 0.588. The highest BCUT2D eigenvalue weighted by molar-refractivity contribution is 7.88. The second-order valence-corrected chi connectivity index (χ2v) is 7.96. The number of piperidine rings is 1. The first-order chi connectivity index (χ1) is 11.5. The largest absolute Gasteiger partial charge is 0.465 e. The van der Waals surface area contributed by atoms with Crippen molar-refractivity contribution in [2.24, 2.45) is 0 Å². The monoisotopic (exact) mass is 354 g/mol. The second kappa shape index (κ2) is 8.60. The van der Waals surface area contributed by atoms with E-state index >= 15 is 0 Å². The lowest BCUT2D eigenvalue weighted by Crippen LogP contribution is -2.46. The molecule has 6 nitrogen and oxygen atoms in total. The number of methoxy groups -OCH3 is 1. The van der Waals surface area contributed by atoms with Gasteiger partial charge in [0, 0.05) is 12.6 Å². The van der Waals surface area contributed by atoms with Crippen molar-refractivity contribution in [1.29, 1.82) is 0 Å². The lowest BCUT2D eigenvalue weighted by molar-refractivity contribution is 0.0600. The Kier molecular flexibility index (Phi) is 6.77. The van der Waals surface area contributed by atoms with Gasteiger partial charge in [-0.1, -0.05) is 19.1 Å². The maximum absolute atomic E-state index is 12.9. The number of hydrogen-bond donors (Lipinski definition) is 1. The van der Waals surface area contributed by atoms with Crippen molar-refractivity contribution >= 4 is 16.0 Å². The molecule has 0 radical (unpaired) electrons. The first-order valence-electron chi connectivity index (χ1n) is 8.35. The molecule has 1 saturated heterocycles. The number of carbonyl (C=O) groups is 1. The van der Waals surface area contributed by atoms with Gasteiger partial charge in [0.1, 0.15) is 0 Å². The van der Waals surface area contributed by atoms with Gasteiger partial charge in [-0.15, -0.1) is 0 Å². The summed E-state index contributed by atoms with van der Waals surface area (Å²) in [6, 6.07) is 6.69. The maximum atomic E-state index is 12.9. The average Bonchev–Trinajstić information content (AvgIpc) is 2.59. The number of benzene rings is 1. The van der Waals surface area contributed by atoms with Gasteiger partial charge >= 0.3 is 5.97 Å². The molecule has 0 bridgehead atoms. The Bertz CT molecular complexity index is 654. The summed E-state index contributed by atoms with van der Waals surface area (Å²) < 4.78 is 32.2. The van der Waals surface area contributed by atoms with E-state index in [1.165, 1.54) is 7.11 Å². The second-order valence-electron chi connectivity index (χ2n) is 6.04. The van der Waals surface area contributed by atoms with Crippen LogP contribution in [0.1, 0.15) is 42.1 Å². The number of esters is 1. The summed E-state index contributed by atoms with van der Waals surface area (Å²) in [5.41, 5.74) is 0.974. The molecular formula is C17H26N2O4S. The average molecular weight is 354 g/mol. The Labute approximate surface area is 144 Å². The minimum atomic E-state index is -3.43. The van der Waals surface area contributed by atoms with E-state index in [4.69, 9.17) is 4.74 Å². The zero-order valence-electron chi connectivity index (χ0n) is 14.3. The van der Waals surface area contributed by atoms with Gasteiger partial charge in [0.15, 0.2) is 0 Å². The van der Waals surface area contributed by atoms with Crippen LogP contribution in [0, 0.1) is 0 Å². The van der Waals surface area contributed by atoms with E-state index < -0.39 is 16.0 Å². The summed E-state index contributed by atoms with van der Waals surface area (Å²) in [6.45, 7) is 4.21. The third kappa shape index (κ3) is 4.78. The molecule has 1 aromatic rings. The van der Waals surface area contributed by atoms with Crippen LogP contribution in [-0.2, 0) is 20.5 Å². The van der Waals surface area contributed by atoms with E-state index in [1.807, 2.05) is 6.92 Å². The highest BCUT2D eigenvalue weighted by Gasteiger charge is 2.30. The number of rotatable bonds is 7. The minimum Gasteiger partial charge on any atom is -0.465 e. The minimum absolute atomic E-state index is 0.0555. The van der Waals surface area contributed by atoms with Crippen LogP contribution >= 0.6 is 0 Å². The van der Waals surface area contributed by atoms with E-state index in [2.05, 4.69) is 5.32 Å². The zero-order valence-corrected chi connectivity index (χ0v) is 15.1. The fourth-order valence-electron chi connectivity index (χ4n) is 3.06. The normalized spacial score (nSPS) is 16.3. The SMILES string of the molecule is CCCN(C1CCNCC1)S(=O)(=O)Cc1cccc(C(=O)OC)c1. The number of sulfonamides is 1. The third-order valence-electron chi connectivity index (χ3n) is 4.21. The summed E-state index contributed by atoms with van der Waals surface area (Å²) in [6.07, 6.45) is 2.45. The highest BCUT2D eigenvalue weighted by atomic mass is 32.2. The molecule has 0 atom stereocenters. The Balaban J connectivity index is 2.19. The first-order valence-corrected chi connectivity index (χ1v) is 9.96. The van der Waals surface area contributed by atoms with Crippen LogP contribution in [0.5, 0.6) is 0 Å². The van der Waals surface area contributed by atoms with E-state index in [1.54, 1.807) is 28.6 Å². The van der Waals surface area contributed by atoms with Crippen molar-refractivity contribution in [3.05, 3.63) is 35.4 Å². The first kappa shape index (κ1) is 18.9. The summed E-state index contributed by atoms with van der Waals surface area (Å²) >= 11 is 0. The fourth-order valence-corrected chi connectivity index (χ4v) is 4.96. The molecule has 1 aromatic carbocycles. The molecule has 1 aliphatic rings. The van der Waals surface area contributed by atoms with E-state index in [9.17, 15) is 13.2 Å². The molecule has 0 unspecified atom stereocenters. The third-order valence-corrected chi connectivity index (χ3v) is 6.11. The molecule has 1 fully saturated rings. The van der Waals surface area contributed by atoms with Crippen LogP contribution in [0.4, 0.5) is 0 Å². The molecular weight excluding hydrogens is 328 g/mol. The summed E-state index contributed by atoms with van der Waals surface area (Å²) in [5.74, 6) is -0.556. The smallest absolute Gasteiger partial charge is 0.337 e. The molecule has 24 heavy (non-hydrogen) atoms. The van der Waals surface area contributed by atoms with Crippen LogP contribution in [0.3, 0.4) is 0 Å². The van der Waals surface area contributed by atoms with Gasteiger partial charge in [-0.25, -0.2) is 13.2 Å². The van der Waals surface area contributed by atoms with Gasteiger partial charge in [0.05, 0.1) is 18.4 Å². The van der Waals surface area contributed by atoms with Crippen molar-refractivity contribution in [1.82, 2.24) is 9.62 Å². The molecule has 1 N–H and O–H groups in total. The number of hydrogen-bond acceptors (Lipinski definition) is 5. The zero-order chi connectivity index (χ0) is 17.6. The summed E-state index contributed by atoms with van der Waals surface area (Å²) in [5, 5.41) is 3.27. The molecule has 1 aliphatic heterocycles. The summed E-state index contributed by atoms with van der Waals surface area (Å²) in [7, 11) is -2.12. The van der Waals surface area contributed by atoms with E-state index in [0.29, 0.717) is 17.7 Å². The Hall–Kier alpha value is -1.44. The lowest BCUT2D eigenvalue weighted by atomic mass is 10.1. The maximum Gasteiger partial charge on any atom is 0.337 e. The highest BCUT2D eigenvalue weighted by Crippen LogP contribution is 2.20. The Morgan fingerprint density at radius 2 is 2.04 bits per heavy atom. The molecule has 2 rings (SSSR count). The van der Waals surface area contributed by atoms with Crippen molar-refractivity contribution in [2.45, 2.75) is 38.0 Å². The van der Waals surface area contributed by atoms with Crippen LogP contribution in [0.15, 0.2) is 24.3 Å². The Morgan fingerprint density at radius 1 is 1.33 bits per heavy atom. The van der Waals surface area contributed by atoms with Gasteiger partial charge in [0.25, 0.3) is 0 Å². The number of nitrogens with one attached hydrogen (secondary N) is 1. The molecule has 1 heterocycles. The van der Waals surface area contributed by atoms with E-state index in [-0.39, 0.29) is 11.8 Å². The lowest BCUT2D eigenvalue weighted by Gasteiger charge is -2.33. The predicted molar refractivity (Wildman–Crippen MR) is 93.3 cm³/mol. The van der Waals surface area contributed by atoms with Crippen LogP contribution < -0.4 is 5.32 Å². The molecule has 0 amide bonds. The molecule has 0 aromatic heterocycles. The predicted octanol–water partition coefficient (Wildman–Crippen LogP) is 1.77. The van der Waals surface area contributed by atoms with Crippen molar-refractivity contribution in [3.8, 4) is 0 Å². The van der Waals surface area contributed by atoms with Crippen molar-refractivity contribution in [2.75, 3.05) is 26.7 Å². The van der Waals surface area contributed by atoms with Gasteiger partial charge in [-0.3, -0.25) is 0 Å². The van der Waals surface area contributed by atoms with Gasteiger partial charge in [-0.05, 0) is 50.0 Å². The van der Waals surface area contributed by atoms with Crippen molar-refractivity contribution < 1.29 is 17.9 Å². The molecule has 7 heteroatoms. The van der Waals surface area contributed by atoms with Crippen LogP contribution in [0.25, 0.3) is 0 Å². The van der Waals surface area contributed by atoms with E-state index in [0.717, 1.165) is 32.4 Å². The quantitative estimate of drug-likeness (QED) is 0.755. The van der Waals surface area contributed by atoms with Crippen molar-refractivity contribution in [3.63, 3.8) is 0 Å². The Morgan fingerprint density at radius 3 is 2.67 bits per heavy atom. The van der Waals surface area contributed by atoms with Crippen LogP contribution in [0.2, 0.25) is 0 Å². The molecule has 134 valence electrons.